The van der Waals surface area contributed by atoms with Crippen LogP contribution in [-0.2, 0) is 0 Å². The molecule has 49 heavy (non-hydrogen) atoms. The van der Waals surface area contributed by atoms with Crippen molar-refractivity contribution in [2.75, 3.05) is 13.2 Å². The van der Waals surface area contributed by atoms with Gasteiger partial charge in [0.05, 0.1) is 13.2 Å². The molecule has 0 saturated heterocycles. The summed E-state index contributed by atoms with van der Waals surface area (Å²) in [5.41, 5.74) is 13.6. The summed E-state index contributed by atoms with van der Waals surface area (Å²) in [6.45, 7) is 13.3. The zero-order valence-electron chi connectivity index (χ0n) is 29.2. The van der Waals surface area contributed by atoms with Gasteiger partial charge in [0.25, 0.3) is 0 Å². The lowest BCUT2D eigenvalue weighted by Crippen LogP contribution is -2.06. The number of hydrogen-bond acceptors (Lipinski definition) is 4. The molecule has 0 aromatic heterocycles. The zero-order chi connectivity index (χ0) is 34.7. The first-order valence-corrected chi connectivity index (χ1v) is 16.9. The maximum absolute atomic E-state index is 11.5. The maximum Gasteiger partial charge on any atom is 0.131 e. The second-order valence-electron chi connectivity index (χ2n) is 13.1. The molecule has 0 aliphatic rings. The Morgan fingerprint density at radius 2 is 0.755 bits per heavy atom. The monoisotopic (exact) mass is 648 g/mol. The number of hydrogen-bond donors (Lipinski definition) is 2. The second kappa shape index (κ2) is 14.3. The standard InChI is InChI=1S/C45H44O4/c1-28-16-18-34(32(5)22-28)38-24-30(3)26-40(44(38)46)36-12-7-9-14-42(36)48-20-11-21-49-43-15-10-8-13-37(43)41-27-31(4)25-39(45(41)47)35-19-17-29(2)23-33(35)6/h7-10,12-19,22-27,46-47H,11,20-21H2,1-6H3. The van der Waals surface area contributed by atoms with E-state index in [1.165, 1.54) is 11.1 Å². The Morgan fingerprint density at radius 1 is 0.388 bits per heavy atom. The van der Waals surface area contributed by atoms with Gasteiger partial charge in [-0.15, -0.1) is 0 Å². The van der Waals surface area contributed by atoms with E-state index in [9.17, 15) is 10.2 Å². The molecular weight excluding hydrogens is 604 g/mol. The summed E-state index contributed by atoms with van der Waals surface area (Å²) >= 11 is 0. The van der Waals surface area contributed by atoms with Crippen LogP contribution in [0.3, 0.4) is 0 Å². The van der Waals surface area contributed by atoms with Gasteiger partial charge in [0.1, 0.15) is 23.0 Å². The van der Waals surface area contributed by atoms with Crippen LogP contribution >= 0.6 is 0 Å². The summed E-state index contributed by atoms with van der Waals surface area (Å²) in [4.78, 5) is 0. The average Bonchev–Trinajstić information content (AvgIpc) is 3.07. The molecule has 0 radical (unpaired) electrons. The van der Waals surface area contributed by atoms with Crippen LogP contribution in [0.15, 0.2) is 109 Å². The highest BCUT2D eigenvalue weighted by Gasteiger charge is 2.19. The quantitative estimate of drug-likeness (QED) is 0.145. The molecule has 4 heteroatoms. The first-order valence-electron chi connectivity index (χ1n) is 16.9. The molecule has 2 N–H and O–H groups in total. The SMILES string of the molecule is Cc1ccc(-c2cc(C)cc(-c3ccccc3OCCCOc3ccccc3-c3cc(C)cc(-c4ccc(C)cc4C)c3O)c2O)c(C)c1. The summed E-state index contributed by atoms with van der Waals surface area (Å²) < 4.78 is 12.6. The van der Waals surface area contributed by atoms with Crippen molar-refractivity contribution in [3.63, 3.8) is 0 Å². The lowest BCUT2D eigenvalue weighted by Gasteiger charge is -2.18. The third kappa shape index (κ3) is 7.19. The van der Waals surface area contributed by atoms with Crippen molar-refractivity contribution in [1.29, 1.82) is 0 Å². The number of phenolic OH excluding ortho intramolecular Hbond substituents is 2. The largest absolute Gasteiger partial charge is 0.507 e. The average molecular weight is 649 g/mol. The Hall–Kier alpha value is -5.48. The maximum atomic E-state index is 11.5. The highest BCUT2D eigenvalue weighted by Crippen LogP contribution is 2.45. The molecule has 4 nitrogen and oxygen atoms in total. The van der Waals surface area contributed by atoms with Crippen LogP contribution < -0.4 is 9.47 Å². The van der Waals surface area contributed by atoms with E-state index in [1.807, 2.05) is 72.8 Å². The first-order chi connectivity index (χ1) is 23.6. The van der Waals surface area contributed by atoms with E-state index in [0.717, 1.165) is 66.8 Å². The fraction of sp³-hybridized carbons (Fsp3) is 0.200. The minimum absolute atomic E-state index is 0.244. The summed E-state index contributed by atoms with van der Waals surface area (Å²) in [6, 6.07) is 36.4. The first kappa shape index (κ1) is 33.4. The third-order valence-corrected chi connectivity index (χ3v) is 9.01. The van der Waals surface area contributed by atoms with Gasteiger partial charge in [0, 0.05) is 39.8 Å². The van der Waals surface area contributed by atoms with E-state index < -0.39 is 0 Å². The van der Waals surface area contributed by atoms with E-state index in [0.29, 0.717) is 31.1 Å². The lowest BCUT2D eigenvalue weighted by atomic mass is 9.92. The van der Waals surface area contributed by atoms with Gasteiger partial charge in [0.15, 0.2) is 0 Å². The Morgan fingerprint density at radius 3 is 1.14 bits per heavy atom. The molecule has 6 rings (SSSR count). The fourth-order valence-corrected chi connectivity index (χ4v) is 6.66. The molecular formula is C45H44O4. The van der Waals surface area contributed by atoms with E-state index in [-0.39, 0.29) is 11.5 Å². The Bertz CT molecular complexity index is 1990. The van der Waals surface area contributed by atoms with Gasteiger partial charge in [-0.1, -0.05) is 83.9 Å². The minimum Gasteiger partial charge on any atom is -0.507 e. The van der Waals surface area contributed by atoms with Crippen molar-refractivity contribution in [1.82, 2.24) is 0 Å². The normalized spacial score (nSPS) is 11.1. The third-order valence-electron chi connectivity index (χ3n) is 9.01. The van der Waals surface area contributed by atoms with Crippen molar-refractivity contribution < 1.29 is 19.7 Å². The summed E-state index contributed by atoms with van der Waals surface area (Å²) in [5.74, 6) is 1.90. The summed E-state index contributed by atoms with van der Waals surface area (Å²) in [5, 5.41) is 23.1. The molecule has 0 atom stereocenters. The molecule has 0 aliphatic carbocycles. The molecule has 0 amide bonds. The number of rotatable bonds is 10. The van der Waals surface area contributed by atoms with Crippen molar-refractivity contribution in [3.8, 4) is 67.5 Å². The van der Waals surface area contributed by atoms with Crippen molar-refractivity contribution in [2.24, 2.45) is 0 Å². The number of phenols is 2. The van der Waals surface area contributed by atoms with Gasteiger partial charge in [-0.05, 0) is 111 Å². The number of para-hydroxylation sites is 2. The van der Waals surface area contributed by atoms with E-state index >= 15 is 0 Å². The van der Waals surface area contributed by atoms with Gasteiger partial charge >= 0.3 is 0 Å². The molecule has 0 saturated carbocycles. The highest BCUT2D eigenvalue weighted by atomic mass is 16.5. The van der Waals surface area contributed by atoms with Gasteiger partial charge in [-0.2, -0.15) is 0 Å². The zero-order valence-corrected chi connectivity index (χ0v) is 29.2. The van der Waals surface area contributed by atoms with Crippen LogP contribution in [0.2, 0.25) is 0 Å². The van der Waals surface area contributed by atoms with Gasteiger partial charge in [-0.3, -0.25) is 0 Å². The van der Waals surface area contributed by atoms with Gasteiger partial charge < -0.3 is 19.7 Å². The molecule has 0 heterocycles. The molecule has 0 fully saturated rings. The van der Waals surface area contributed by atoms with Crippen LogP contribution in [0, 0.1) is 41.5 Å². The highest BCUT2D eigenvalue weighted by molar-refractivity contribution is 5.87. The van der Waals surface area contributed by atoms with Crippen molar-refractivity contribution in [3.05, 3.63) is 143 Å². The Kier molecular flexibility index (Phi) is 9.77. The number of ether oxygens (including phenoxy) is 2. The smallest absolute Gasteiger partial charge is 0.131 e. The number of aryl methyl sites for hydroxylation is 6. The van der Waals surface area contributed by atoms with E-state index in [4.69, 9.17) is 9.47 Å². The Balaban J connectivity index is 1.18. The number of benzene rings is 6. The molecule has 0 spiro atoms. The second-order valence-corrected chi connectivity index (χ2v) is 13.1. The molecule has 0 bridgehead atoms. The molecule has 6 aromatic rings. The number of aromatic hydroxyl groups is 2. The minimum atomic E-state index is 0.244. The molecule has 0 unspecified atom stereocenters. The Labute approximate surface area is 290 Å². The molecule has 248 valence electrons. The van der Waals surface area contributed by atoms with Crippen LogP contribution in [0.25, 0.3) is 44.5 Å². The molecule has 0 aliphatic heterocycles. The van der Waals surface area contributed by atoms with Crippen molar-refractivity contribution in [2.45, 2.75) is 48.0 Å². The van der Waals surface area contributed by atoms with Crippen LogP contribution in [0.5, 0.6) is 23.0 Å². The van der Waals surface area contributed by atoms with Crippen LogP contribution in [0.4, 0.5) is 0 Å². The fourth-order valence-electron chi connectivity index (χ4n) is 6.66. The van der Waals surface area contributed by atoms with Crippen LogP contribution in [0.1, 0.15) is 39.8 Å². The molecule has 6 aromatic carbocycles. The van der Waals surface area contributed by atoms with Crippen LogP contribution in [-0.4, -0.2) is 23.4 Å². The topological polar surface area (TPSA) is 58.9 Å². The predicted molar refractivity (Wildman–Crippen MR) is 202 cm³/mol. The van der Waals surface area contributed by atoms with Gasteiger partial charge in [-0.25, -0.2) is 0 Å². The lowest BCUT2D eigenvalue weighted by molar-refractivity contribution is 0.248. The summed E-state index contributed by atoms with van der Waals surface area (Å²) in [6.07, 6.45) is 0.643. The van der Waals surface area contributed by atoms with E-state index in [2.05, 4.69) is 77.9 Å². The van der Waals surface area contributed by atoms with E-state index in [1.54, 1.807) is 0 Å². The predicted octanol–water partition coefficient (Wildman–Crippen LogP) is 11.5. The van der Waals surface area contributed by atoms with Crippen molar-refractivity contribution >= 4 is 0 Å². The van der Waals surface area contributed by atoms with Gasteiger partial charge in [0.2, 0.25) is 0 Å². The summed E-state index contributed by atoms with van der Waals surface area (Å²) in [7, 11) is 0.